The van der Waals surface area contributed by atoms with E-state index in [0.29, 0.717) is 0 Å². The maximum atomic E-state index is 5.74. The highest BCUT2D eigenvalue weighted by Gasteiger charge is 2.15. The molecule has 1 aliphatic rings. The van der Waals surface area contributed by atoms with Crippen LogP contribution in [0.25, 0.3) is 0 Å². The van der Waals surface area contributed by atoms with E-state index < -0.39 is 0 Å². The minimum atomic E-state index is 0.759. The Morgan fingerprint density at radius 3 is 1.92 bits per heavy atom. The lowest BCUT2D eigenvalue weighted by Gasteiger charge is -2.34. The fraction of sp³-hybridized carbons (Fsp3) is 1.00. The molecular formula is C18H40N4O2. The molecule has 1 aliphatic heterocycles. The zero-order valence-electron chi connectivity index (χ0n) is 16.2. The van der Waals surface area contributed by atoms with E-state index in [9.17, 15) is 0 Å². The Kier molecular flexibility index (Phi) is 13.7. The first kappa shape index (κ1) is 21.8. The standard InChI is InChI=1S/C18H40N4O2/c1-4-18(2)17-20-6-14-24-16-12-22-9-7-21(8-10-22)11-15-23-13-5-19-3/h18-20H,4-17H2,1-3H3. The van der Waals surface area contributed by atoms with Gasteiger partial charge < -0.3 is 20.1 Å². The highest BCUT2D eigenvalue weighted by atomic mass is 16.5. The summed E-state index contributed by atoms with van der Waals surface area (Å²) < 4.78 is 11.3. The molecule has 6 nitrogen and oxygen atoms in total. The molecule has 1 heterocycles. The van der Waals surface area contributed by atoms with Gasteiger partial charge in [0.1, 0.15) is 0 Å². The van der Waals surface area contributed by atoms with Crippen molar-refractivity contribution in [3.63, 3.8) is 0 Å². The molecule has 0 spiro atoms. The van der Waals surface area contributed by atoms with Crippen LogP contribution in [-0.2, 0) is 9.47 Å². The maximum Gasteiger partial charge on any atom is 0.0594 e. The fourth-order valence-electron chi connectivity index (χ4n) is 2.64. The largest absolute Gasteiger partial charge is 0.379 e. The van der Waals surface area contributed by atoms with Gasteiger partial charge in [0.25, 0.3) is 0 Å². The molecule has 144 valence electrons. The molecule has 1 atom stereocenters. The van der Waals surface area contributed by atoms with Crippen molar-refractivity contribution in [2.24, 2.45) is 5.92 Å². The molecule has 1 unspecified atom stereocenters. The molecule has 1 fully saturated rings. The Morgan fingerprint density at radius 2 is 1.42 bits per heavy atom. The summed E-state index contributed by atoms with van der Waals surface area (Å²) in [5.41, 5.74) is 0. The summed E-state index contributed by atoms with van der Waals surface area (Å²) in [6.07, 6.45) is 1.24. The van der Waals surface area contributed by atoms with E-state index in [1.165, 1.54) is 6.42 Å². The van der Waals surface area contributed by atoms with Crippen LogP contribution in [-0.4, -0.2) is 102 Å². The summed E-state index contributed by atoms with van der Waals surface area (Å²) in [6.45, 7) is 17.5. The third-order valence-electron chi connectivity index (χ3n) is 4.68. The summed E-state index contributed by atoms with van der Waals surface area (Å²) in [4.78, 5) is 5.00. The summed E-state index contributed by atoms with van der Waals surface area (Å²) in [7, 11) is 1.95. The first-order valence-electron chi connectivity index (χ1n) is 9.71. The monoisotopic (exact) mass is 344 g/mol. The molecule has 0 aromatic heterocycles. The second kappa shape index (κ2) is 15.0. The van der Waals surface area contributed by atoms with Crippen molar-refractivity contribution < 1.29 is 9.47 Å². The van der Waals surface area contributed by atoms with Crippen LogP contribution in [0.3, 0.4) is 0 Å². The Labute approximate surface area is 149 Å². The number of nitrogens with one attached hydrogen (secondary N) is 2. The molecule has 0 aromatic rings. The molecule has 0 aliphatic carbocycles. The van der Waals surface area contributed by atoms with Crippen LogP contribution in [0, 0.1) is 5.92 Å². The van der Waals surface area contributed by atoms with Gasteiger partial charge in [-0.2, -0.15) is 0 Å². The Morgan fingerprint density at radius 1 is 0.875 bits per heavy atom. The molecule has 0 amide bonds. The number of piperazine rings is 1. The van der Waals surface area contributed by atoms with Crippen LogP contribution in [0.5, 0.6) is 0 Å². The SMILES string of the molecule is CCC(C)CNCCOCCN1CCN(CCOCCNC)CC1. The number of nitrogens with zero attached hydrogens (tertiary/aromatic N) is 2. The molecule has 1 rings (SSSR count). The van der Waals surface area contributed by atoms with Gasteiger partial charge in [-0.1, -0.05) is 20.3 Å². The maximum absolute atomic E-state index is 5.74. The molecule has 0 saturated carbocycles. The molecule has 0 radical (unpaired) electrons. The van der Waals surface area contributed by atoms with Gasteiger partial charge in [0.15, 0.2) is 0 Å². The van der Waals surface area contributed by atoms with Gasteiger partial charge in [-0.05, 0) is 19.5 Å². The third-order valence-corrected chi connectivity index (χ3v) is 4.68. The quantitative estimate of drug-likeness (QED) is 0.422. The van der Waals surface area contributed by atoms with Crippen molar-refractivity contribution in [1.82, 2.24) is 20.4 Å². The van der Waals surface area contributed by atoms with Crippen LogP contribution < -0.4 is 10.6 Å². The normalized spacial score (nSPS) is 18.1. The average molecular weight is 345 g/mol. The van der Waals surface area contributed by atoms with Crippen LogP contribution in [0.2, 0.25) is 0 Å². The van der Waals surface area contributed by atoms with Gasteiger partial charge >= 0.3 is 0 Å². The average Bonchev–Trinajstić information content (AvgIpc) is 2.61. The van der Waals surface area contributed by atoms with Crippen molar-refractivity contribution in [3.05, 3.63) is 0 Å². The number of hydrogen-bond acceptors (Lipinski definition) is 6. The van der Waals surface area contributed by atoms with Gasteiger partial charge in [0.05, 0.1) is 26.4 Å². The van der Waals surface area contributed by atoms with Crippen LogP contribution in [0.4, 0.5) is 0 Å². The van der Waals surface area contributed by atoms with Crippen LogP contribution in [0.15, 0.2) is 0 Å². The van der Waals surface area contributed by atoms with E-state index in [2.05, 4.69) is 34.3 Å². The predicted octanol–water partition coefficient (Wildman–Crippen LogP) is 0.492. The Bertz CT molecular complexity index is 274. The van der Waals surface area contributed by atoms with E-state index in [1.807, 2.05) is 7.05 Å². The molecule has 6 heteroatoms. The van der Waals surface area contributed by atoms with Crippen LogP contribution >= 0.6 is 0 Å². The number of rotatable bonds is 15. The van der Waals surface area contributed by atoms with E-state index >= 15 is 0 Å². The second-order valence-electron chi connectivity index (χ2n) is 6.73. The number of ether oxygens (including phenoxy) is 2. The molecule has 0 bridgehead atoms. The minimum absolute atomic E-state index is 0.759. The zero-order chi connectivity index (χ0) is 17.5. The fourth-order valence-corrected chi connectivity index (χ4v) is 2.64. The topological polar surface area (TPSA) is 49.0 Å². The van der Waals surface area contributed by atoms with Crippen molar-refractivity contribution in [1.29, 1.82) is 0 Å². The van der Waals surface area contributed by atoms with Gasteiger partial charge in [-0.15, -0.1) is 0 Å². The third kappa shape index (κ3) is 11.3. The molecule has 24 heavy (non-hydrogen) atoms. The zero-order valence-corrected chi connectivity index (χ0v) is 16.2. The highest BCUT2D eigenvalue weighted by Crippen LogP contribution is 2.01. The summed E-state index contributed by atoms with van der Waals surface area (Å²) in [6, 6.07) is 0. The van der Waals surface area contributed by atoms with Crippen molar-refractivity contribution in [2.45, 2.75) is 20.3 Å². The Balaban J connectivity index is 1.87. The predicted molar refractivity (Wildman–Crippen MR) is 101 cm³/mol. The number of hydrogen-bond donors (Lipinski definition) is 2. The lowest BCUT2D eigenvalue weighted by Crippen LogP contribution is -2.48. The van der Waals surface area contributed by atoms with Gasteiger partial charge in [-0.25, -0.2) is 0 Å². The van der Waals surface area contributed by atoms with Crippen LogP contribution in [0.1, 0.15) is 20.3 Å². The highest BCUT2D eigenvalue weighted by molar-refractivity contribution is 4.71. The number of likely N-dealkylation sites (N-methyl/N-ethyl adjacent to an activating group) is 1. The van der Waals surface area contributed by atoms with Gasteiger partial charge in [0.2, 0.25) is 0 Å². The van der Waals surface area contributed by atoms with Crippen molar-refractivity contribution >= 4 is 0 Å². The first-order chi connectivity index (χ1) is 11.8. The van der Waals surface area contributed by atoms with E-state index in [0.717, 1.165) is 91.2 Å². The van der Waals surface area contributed by atoms with Gasteiger partial charge in [0, 0.05) is 52.4 Å². The van der Waals surface area contributed by atoms with E-state index in [-0.39, 0.29) is 0 Å². The van der Waals surface area contributed by atoms with Gasteiger partial charge in [-0.3, -0.25) is 9.80 Å². The van der Waals surface area contributed by atoms with Crippen molar-refractivity contribution in [2.75, 3.05) is 92.4 Å². The lowest BCUT2D eigenvalue weighted by atomic mass is 10.1. The summed E-state index contributed by atoms with van der Waals surface area (Å²) in [5.74, 6) is 0.759. The molecule has 0 aromatic carbocycles. The molecule has 1 saturated heterocycles. The molecular weight excluding hydrogens is 304 g/mol. The lowest BCUT2D eigenvalue weighted by molar-refractivity contribution is 0.0580. The summed E-state index contributed by atoms with van der Waals surface area (Å²) in [5, 5.41) is 6.55. The smallest absolute Gasteiger partial charge is 0.0594 e. The van der Waals surface area contributed by atoms with E-state index in [1.54, 1.807) is 0 Å². The second-order valence-corrected chi connectivity index (χ2v) is 6.73. The first-order valence-corrected chi connectivity index (χ1v) is 9.71. The molecule has 2 N–H and O–H groups in total. The summed E-state index contributed by atoms with van der Waals surface area (Å²) >= 11 is 0. The van der Waals surface area contributed by atoms with Crippen molar-refractivity contribution in [3.8, 4) is 0 Å². The minimum Gasteiger partial charge on any atom is -0.379 e. The Hall–Kier alpha value is -0.240. The van der Waals surface area contributed by atoms with E-state index in [4.69, 9.17) is 9.47 Å².